The number of aryl methyl sites for hydroxylation is 2. The van der Waals surface area contributed by atoms with E-state index in [2.05, 4.69) is 248 Å². The molecule has 0 fully saturated rings. The van der Waals surface area contributed by atoms with Crippen molar-refractivity contribution in [2.75, 3.05) is 0 Å². The first kappa shape index (κ1) is 109. The summed E-state index contributed by atoms with van der Waals surface area (Å²) in [6.45, 7) is 12.3. The summed E-state index contributed by atoms with van der Waals surface area (Å²) in [6.07, 6.45) is 17.6. The predicted molar refractivity (Wildman–Crippen MR) is 565 cm³/mol. The molecule has 22 rings (SSSR count). The molecule has 10 aromatic heterocycles. The van der Waals surface area contributed by atoms with E-state index in [1.165, 1.54) is 16.7 Å². The molecule has 0 spiro atoms. The van der Waals surface area contributed by atoms with Crippen molar-refractivity contribution in [1.82, 2.24) is 59.4 Å². The Morgan fingerprint density at radius 2 is 0.767 bits per heavy atom. The van der Waals surface area contributed by atoms with Crippen molar-refractivity contribution in [2.45, 2.75) is 58.5 Å². The van der Waals surface area contributed by atoms with Crippen LogP contribution in [0.4, 0.5) is 0 Å². The van der Waals surface area contributed by atoms with E-state index in [1.54, 1.807) is 77.7 Å². The maximum atomic E-state index is 6.10. The van der Waals surface area contributed by atoms with Gasteiger partial charge in [-0.25, -0.2) is 29.9 Å². The zero-order valence-corrected chi connectivity index (χ0v) is 88.5. The van der Waals surface area contributed by atoms with Crippen LogP contribution in [0.1, 0.15) is 39.1 Å². The molecule has 0 amide bonds. The fraction of sp³-hybridized carbons (Fsp3) is 0.0678. The molecule has 0 saturated heterocycles. The van der Waals surface area contributed by atoms with Gasteiger partial charge in [-0.15, -0.1) is 90.4 Å². The van der Waals surface area contributed by atoms with Crippen LogP contribution in [-0.2, 0) is 89.8 Å². The smallest absolute Gasteiger partial charge is 0.780 e. The molecule has 0 aliphatic carbocycles. The van der Waals surface area contributed by atoms with Gasteiger partial charge in [-0.05, 0) is 101 Å². The Morgan fingerprint density at radius 1 is 0.356 bits per heavy atom. The Morgan fingerprint density at radius 3 is 1.24 bits per heavy atom. The minimum absolute atomic E-state index is 0. The molecule has 0 aliphatic heterocycles. The Labute approximate surface area is 915 Å². The van der Waals surface area contributed by atoms with Crippen molar-refractivity contribution < 1.29 is 109 Å². The van der Waals surface area contributed by atoms with E-state index in [0.29, 0.717) is 93.5 Å². The largest absolute Gasteiger partial charge is 2.00 e. The van der Waals surface area contributed by atoms with E-state index in [0.717, 1.165) is 98.7 Å². The van der Waals surface area contributed by atoms with Gasteiger partial charge in [-0.3, -0.25) is 19.3 Å². The summed E-state index contributed by atoms with van der Waals surface area (Å²) in [4.78, 5) is 37.1. The average Bonchev–Trinajstić information content (AvgIpc) is 1.67. The molecule has 0 N–H and O–H groups in total. The number of rotatable bonds is 23. The normalized spacial score (nSPS) is 10.3. The van der Waals surface area contributed by atoms with Gasteiger partial charge in [0.25, 0.3) is 0 Å². The zero-order valence-electron chi connectivity index (χ0n) is 79.2. The number of benzene rings is 12. The number of thiazole rings is 1. The monoisotopic (exact) mass is 2360 g/mol. The Kier molecular flexibility index (Phi) is 42.2. The summed E-state index contributed by atoms with van der Waals surface area (Å²) in [7, 11) is 8.98. The van der Waals surface area contributed by atoms with E-state index >= 15 is 0 Å². The number of pyridine rings is 4. The first-order valence-corrected chi connectivity index (χ1v) is 50.5. The number of oxazole rings is 3. The second-order valence-corrected chi connectivity index (χ2v) is 33.5. The standard InChI is InChI=1S/C29H19N4O2.C26H17N2O2.C26H17N2OS.C25H19N4O2.C6H14N.C6H6S.2ClH.4Pd/c1-3-9-21(10-4-1)24-18-32-33(20-24)25-15-23(16-26(17-25)34-28-13-7-8-14-30-28)27-19-31-29(35-27)22-11-5-2-6-12-22;2*1-2-7-19(8-3-1)20-12-14-21(15-13-20)24-18-28-26(30-24)22-9-6-10-23(17-22)29-25-11-4-5-16-27-25;1-17-12-18(2)29(28-17)21-13-20(14-22(15-21)31-24-10-6-7-11-26-24)25-27-23(16-30-25)19-8-4-3-5-9-19;1-5(2)7-6(3)4;7-6-4-2-1-3-5-6;;;;;;/h1-16,18-20H;2*1-16,18H;3-14,16H,1-2H3;5-6H,1-4H3;1-5,7H;2*1H;;;;/q5*-1;;;;4*+2/p-3. The molecule has 146 heavy (non-hydrogen) atoms. The third kappa shape index (κ3) is 32.0. The van der Waals surface area contributed by atoms with Gasteiger partial charge in [-0.2, -0.15) is 26.4 Å². The molecule has 28 heteroatoms. The van der Waals surface area contributed by atoms with Crippen LogP contribution < -0.4 is 18.9 Å². The van der Waals surface area contributed by atoms with Crippen LogP contribution in [0.25, 0.3) is 139 Å². The van der Waals surface area contributed by atoms with Crippen LogP contribution in [0.15, 0.2) is 450 Å². The van der Waals surface area contributed by atoms with Gasteiger partial charge in [0.15, 0.2) is 0 Å². The number of halogens is 2. The van der Waals surface area contributed by atoms with Crippen LogP contribution in [0.5, 0.6) is 46.5 Å². The third-order valence-corrected chi connectivity index (χ3v) is 22.1. The molecule has 12 aromatic carbocycles. The molecule has 0 aliphatic rings. The number of nitrogens with zero attached hydrogens (tertiary/aromatic N) is 13. The van der Waals surface area contributed by atoms with Crippen molar-refractivity contribution in [2.24, 2.45) is 0 Å². The molecule has 20 nitrogen and oxygen atoms in total. The first-order chi connectivity index (χ1) is 70.7. The molecule has 0 unspecified atom stereocenters. The van der Waals surface area contributed by atoms with Gasteiger partial charge < -0.3 is 50.1 Å². The molecule has 736 valence electrons. The van der Waals surface area contributed by atoms with Crippen LogP contribution in [0.2, 0.25) is 0 Å². The number of ether oxygens (including phenoxy) is 4. The first-order valence-electron chi connectivity index (χ1n) is 45.3. The topological polar surface area (TPSA) is 229 Å². The fourth-order valence-electron chi connectivity index (χ4n) is 14.4. The molecule has 0 bridgehead atoms. The fourth-order valence-corrected chi connectivity index (χ4v) is 15.4. The second-order valence-electron chi connectivity index (χ2n) is 31.9. The minimum atomic E-state index is 0. The Bertz CT molecular complexity index is 7330. The van der Waals surface area contributed by atoms with Crippen LogP contribution in [-0.4, -0.2) is 71.5 Å². The zero-order chi connectivity index (χ0) is 100.0. The van der Waals surface area contributed by atoms with Gasteiger partial charge in [-0.1, -0.05) is 299 Å². The van der Waals surface area contributed by atoms with Crippen molar-refractivity contribution in [3.8, 4) is 181 Å². The van der Waals surface area contributed by atoms with E-state index in [-0.39, 0.29) is 40.8 Å². The maximum Gasteiger partial charge on any atom is 2.00 e. The van der Waals surface area contributed by atoms with E-state index < -0.39 is 0 Å². The van der Waals surface area contributed by atoms with Crippen molar-refractivity contribution >= 4 is 43.0 Å². The quantitative estimate of drug-likeness (QED) is 0.0329. The van der Waals surface area contributed by atoms with Gasteiger partial charge in [0.1, 0.15) is 29.4 Å². The Hall–Kier alpha value is -14.5. The SMILES string of the molecule is CC(C)[N-]C(C)C.Cc1cc(C)n(-c2[c-]c(Oc3ccccn3)cc(-c3nc(-c4ccccc4)co3)c2)n1.[Cl][Pd+].[Cl][Pd+].[Pd+2].[Pd+2].[S-]c1ccccc1.[c-]1c(Oc2ccccn2)cc(-c2cnc(-c3ccccc3)o2)cc1-n1cc(-c2ccccc2)cn1.[c-]1c(Oc2ccccn2)cccc1-c1ncc(-c2ccc(-c3ccccc3)cc2)o1.[c-]1c(Oc2ccccn2)cccc1-c1ncc(-c2ccc(-c3ccccc3)cc2)s1. The molecule has 22 aromatic rings. The van der Waals surface area contributed by atoms with Crippen molar-refractivity contribution in [3.05, 3.63) is 473 Å². The van der Waals surface area contributed by atoms with E-state index in [9.17, 15) is 0 Å². The summed E-state index contributed by atoms with van der Waals surface area (Å²) < 4.78 is 45.0. The van der Waals surface area contributed by atoms with Gasteiger partial charge in [0.2, 0.25) is 35.3 Å². The van der Waals surface area contributed by atoms with Crippen LogP contribution in [0.3, 0.4) is 0 Å². The summed E-state index contributed by atoms with van der Waals surface area (Å²) in [5.41, 5.74) is 18.1. The van der Waals surface area contributed by atoms with Crippen molar-refractivity contribution in [1.29, 1.82) is 0 Å². The minimum Gasteiger partial charge on any atom is -0.780 e. The maximum absolute atomic E-state index is 6.10. The van der Waals surface area contributed by atoms with Gasteiger partial charge >= 0.3 is 96.3 Å². The van der Waals surface area contributed by atoms with Gasteiger partial charge in [0.05, 0.1) is 24.3 Å². The molecule has 0 atom stereocenters. The van der Waals surface area contributed by atoms with Crippen LogP contribution in [0, 0.1) is 38.1 Å². The number of hydrogen-bond donors (Lipinski definition) is 0. The van der Waals surface area contributed by atoms with E-state index in [4.69, 9.17) is 44.8 Å². The van der Waals surface area contributed by atoms with Crippen LogP contribution >= 0.6 is 30.4 Å². The molecule has 0 saturated carbocycles. The molecular formula is C118H91Cl2N13O7Pd4S2. The van der Waals surface area contributed by atoms with Crippen molar-refractivity contribution in [3.63, 3.8) is 0 Å². The Balaban J connectivity index is 0.000000153. The summed E-state index contributed by atoms with van der Waals surface area (Å²) in [5, 5.41) is 14.3. The molecule has 10 heterocycles. The van der Waals surface area contributed by atoms with Gasteiger partial charge in [0, 0.05) is 122 Å². The third-order valence-electron chi connectivity index (χ3n) is 20.8. The number of aromatic nitrogens is 12. The summed E-state index contributed by atoms with van der Waals surface area (Å²) in [5.74, 6) is 7.01. The molecule has 0 radical (unpaired) electrons. The predicted octanol–water partition coefficient (Wildman–Crippen LogP) is 31.6. The summed E-state index contributed by atoms with van der Waals surface area (Å²) >= 11 is 10.9. The van der Waals surface area contributed by atoms with E-state index in [1.807, 2.05) is 304 Å². The summed E-state index contributed by atoms with van der Waals surface area (Å²) in [6, 6.07) is 134. The molecular weight excluding hydrogens is 2270 g/mol. The number of hydrogen-bond acceptors (Lipinski definition) is 19. The second kappa shape index (κ2) is 56.7. The average molecular weight is 2360 g/mol.